The lowest BCUT2D eigenvalue weighted by Gasteiger charge is -2.31. The Bertz CT molecular complexity index is 947. The van der Waals surface area contributed by atoms with Crippen molar-refractivity contribution in [1.29, 1.82) is 0 Å². The van der Waals surface area contributed by atoms with Gasteiger partial charge in [-0.25, -0.2) is 12.8 Å². The van der Waals surface area contributed by atoms with E-state index in [1.807, 2.05) is 0 Å². The highest BCUT2D eigenvalue weighted by molar-refractivity contribution is 7.89. The molecule has 28 heavy (non-hydrogen) atoms. The number of rotatable bonds is 3. The summed E-state index contributed by atoms with van der Waals surface area (Å²) in [6.07, 6.45) is 1.42. The fourth-order valence-electron chi connectivity index (χ4n) is 3.98. The number of hydrogen-bond donors (Lipinski definition) is 1. The number of fused-ring (bicyclic) bond motifs is 1. The van der Waals surface area contributed by atoms with Crippen molar-refractivity contribution in [2.24, 2.45) is 0 Å². The number of sulfonamides is 1. The summed E-state index contributed by atoms with van der Waals surface area (Å²) in [7, 11) is -3.62. The topological polar surface area (TPSA) is 80.1 Å². The molecular formula is C18H25ClFN5O2S. The van der Waals surface area contributed by atoms with E-state index >= 15 is 0 Å². The third-order valence-electron chi connectivity index (χ3n) is 5.52. The van der Waals surface area contributed by atoms with E-state index in [0.29, 0.717) is 37.1 Å². The van der Waals surface area contributed by atoms with Crippen molar-refractivity contribution in [2.75, 3.05) is 19.6 Å². The van der Waals surface area contributed by atoms with Gasteiger partial charge in [0.1, 0.15) is 17.5 Å². The van der Waals surface area contributed by atoms with E-state index in [4.69, 9.17) is 0 Å². The van der Waals surface area contributed by atoms with Crippen LogP contribution < -0.4 is 5.32 Å². The first-order valence-corrected chi connectivity index (χ1v) is 10.7. The van der Waals surface area contributed by atoms with Gasteiger partial charge >= 0.3 is 0 Å². The minimum atomic E-state index is -3.62. The third-order valence-corrected chi connectivity index (χ3v) is 7.39. The maximum absolute atomic E-state index is 13.9. The fraction of sp³-hybridized carbons (Fsp3) is 0.556. The Morgan fingerprint density at radius 1 is 1.11 bits per heavy atom. The van der Waals surface area contributed by atoms with Crippen molar-refractivity contribution in [1.82, 2.24) is 24.4 Å². The Labute approximate surface area is 170 Å². The SMILES string of the molecule is Cc1cc(S(=O)(=O)N2CCC(c3nnc4n3CCNC4)CC2)cc(C)c1F.Cl. The summed E-state index contributed by atoms with van der Waals surface area (Å²) in [5.41, 5.74) is 0.708. The average molecular weight is 430 g/mol. The number of nitrogens with one attached hydrogen (secondary N) is 1. The zero-order chi connectivity index (χ0) is 19.2. The minimum absolute atomic E-state index is 0. The molecule has 0 bridgehead atoms. The number of benzene rings is 1. The standard InChI is InChI=1S/C18H24FN5O2S.ClH/c1-12-9-15(10-13(2)17(12)19)27(25,26)23-6-3-14(4-7-23)18-22-21-16-11-20-5-8-24(16)18;/h9-10,14,20H,3-8,11H2,1-2H3;1H. The molecule has 7 nitrogen and oxygen atoms in total. The second-order valence-electron chi connectivity index (χ2n) is 7.35. The van der Waals surface area contributed by atoms with Crippen LogP contribution in [0.3, 0.4) is 0 Å². The molecule has 0 atom stereocenters. The van der Waals surface area contributed by atoms with Crippen LogP contribution in [0.5, 0.6) is 0 Å². The van der Waals surface area contributed by atoms with Gasteiger partial charge in [-0.2, -0.15) is 4.31 Å². The van der Waals surface area contributed by atoms with Crippen molar-refractivity contribution in [3.05, 3.63) is 40.7 Å². The first-order chi connectivity index (χ1) is 12.9. The lowest BCUT2D eigenvalue weighted by atomic mass is 9.97. The van der Waals surface area contributed by atoms with Gasteiger partial charge in [-0.15, -0.1) is 22.6 Å². The Kier molecular flexibility index (Phi) is 6.09. The van der Waals surface area contributed by atoms with E-state index < -0.39 is 10.0 Å². The highest BCUT2D eigenvalue weighted by Gasteiger charge is 2.33. The van der Waals surface area contributed by atoms with Crippen LogP contribution in [0.25, 0.3) is 0 Å². The molecule has 1 N–H and O–H groups in total. The molecule has 10 heteroatoms. The maximum atomic E-state index is 13.9. The average Bonchev–Trinajstić information content (AvgIpc) is 3.10. The molecule has 1 fully saturated rings. The van der Waals surface area contributed by atoms with Crippen LogP contribution in [0.1, 0.15) is 41.5 Å². The summed E-state index contributed by atoms with van der Waals surface area (Å²) >= 11 is 0. The molecule has 1 aromatic heterocycles. The van der Waals surface area contributed by atoms with Gasteiger partial charge in [0.05, 0.1) is 11.4 Å². The summed E-state index contributed by atoms with van der Waals surface area (Å²) in [6, 6.07) is 2.84. The fourth-order valence-corrected chi connectivity index (χ4v) is 5.62. The molecule has 2 aliphatic heterocycles. The number of nitrogens with zero attached hydrogens (tertiary/aromatic N) is 4. The monoisotopic (exact) mass is 429 g/mol. The zero-order valence-corrected chi connectivity index (χ0v) is 17.6. The molecule has 0 unspecified atom stereocenters. The van der Waals surface area contributed by atoms with Gasteiger partial charge in [-0.3, -0.25) is 0 Å². The summed E-state index contributed by atoms with van der Waals surface area (Å²) in [6.45, 7) is 6.53. The Hall–Kier alpha value is -1.55. The number of piperidine rings is 1. The maximum Gasteiger partial charge on any atom is 0.243 e. The van der Waals surface area contributed by atoms with Gasteiger partial charge in [0, 0.05) is 32.1 Å². The number of aromatic nitrogens is 3. The predicted molar refractivity (Wildman–Crippen MR) is 106 cm³/mol. The zero-order valence-electron chi connectivity index (χ0n) is 16.0. The molecule has 0 saturated carbocycles. The molecule has 2 aliphatic rings. The minimum Gasteiger partial charge on any atom is -0.312 e. The third kappa shape index (κ3) is 3.68. The summed E-state index contributed by atoms with van der Waals surface area (Å²) in [5.74, 6) is 1.78. The van der Waals surface area contributed by atoms with Crippen LogP contribution in [0.15, 0.2) is 17.0 Å². The first-order valence-electron chi connectivity index (χ1n) is 9.27. The quantitative estimate of drug-likeness (QED) is 0.808. The molecular weight excluding hydrogens is 405 g/mol. The summed E-state index contributed by atoms with van der Waals surface area (Å²) in [4.78, 5) is 0.170. The number of halogens is 2. The van der Waals surface area contributed by atoms with Crippen molar-refractivity contribution in [2.45, 2.75) is 50.6 Å². The molecule has 1 saturated heterocycles. The Morgan fingerprint density at radius 2 is 1.75 bits per heavy atom. The van der Waals surface area contributed by atoms with Crippen LogP contribution >= 0.6 is 12.4 Å². The van der Waals surface area contributed by atoms with E-state index in [2.05, 4.69) is 20.1 Å². The van der Waals surface area contributed by atoms with Crippen molar-refractivity contribution >= 4 is 22.4 Å². The first kappa shape index (κ1) is 21.2. The number of hydrogen-bond acceptors (Lipinski definition) is 5. The van der Waals surface area contributed by atoms with Crippen LogP contribution in [0.2, 0.25) is 0 Å². The molecule has 0 spiro atoms. The molecule has 0 aliphatic carbocycles. The van der Waals surface area contributed by atoms with Gasteiger partial charge in [-0.05, 0) is 49.9 Å². The van der Waals surface area contributed by atoms with Crippen molar-refractivity contribution in [3.8, 4) is 0 Å². The van der Waals surface area contributed by atoms with Gasteiger partial charge in [0.15, 0.2) is 0 Å². The van der Waals surface area contributed by atoms with Crippen molar-refractivity contribution < 1.29 is 12.8 Å². The van der Waals surface area contributed by atoms with Crippen molar-refractivity contribution in [3.63, 3.8) is 0 Å². The number of aryl methyl sites for hydroxylation is 2. The summed E-state index contributed by atoms with van der Waals surface area (Å²) in [5, 5.41) is 11.9. The smallest absolute Gasteiger partial charge is 0.243 e. The lowest BCUT2D eigenvalue weighted by Crippen LogP contribution is -2.39. The van der Waals surface area contributed by atoms with Crippen LogP contribution in [0.4, 0.5) is 4.39 Å². The molecule has 2 aromatic rings. The molecule has 0 amide bonds. The van der Waals surface area contributed by atoms with Crippen LogP contribution in [-0.4, -0.2) is 47.1 Å². The Balaban J connectivity index is 0.00000225. The van der Waals surface area contributed by atoms with Crippen LogP contribution in [-0.2, 0) is 23.1 Å². The van der Waals surface area contributed by atoms with Gasteiger partial charge in [0.25, 0.3) is 0 Å². The Morgan fingerprint density at radius 3 is 2.39 bits per heavy atom. The van der Waals surface area contributed by atoms with Crippen LogP contribution in [0, 0.1) is 19.7 Å². The largest absolute Gasteiger partial charge is 0.312 e. The van der Waals surface area contributed by atoms with Gasteiger partial charge in [0.2, 0.25) is 10.0 Å². The van der Waals surface area contributed by atoms with E-state index in [9.17, 15) is 12.8 Å². The lowest BCUT2D eigenvalue weighted by molar-refractivity contribution is 0.307. The van der Waals surface area contributed by atoms with E-state index in [1.165, 1.54) is 16.4 Å². The van der Waals surface area contributed by atoms with E-state index in [-0.39, 0.29) is 29.0 Å². The van der Waals surface area contributed by atoms with Gasteiger partial charge < -0.3 is 9.88 Å². The van der Waals surface area contributed by atoms with E-state index in [0.717, 1.165) is 31.3 Å². The second-order valence-corrected chi connectivity index (χ2v) is 9.29. The molecule has 4 rings (SSSR count). The molecule has 0 radical (unpaired) electrons. The highest BCUT2D eigenvalue weighted by Crippen LogP contribution is 2.31. The molecule has 3 heterocycles. The van der Waals surface area contributed by atoms with E-state index in [1.54, 1.807) is 13.8 Å². The normalized spacial score (nSPS) is 18.5. The second kappa shape index (κ2) is 8.06. The molecule has 154 valence electrons. The summed E-state index contributed by atoms with van der Waals surface area (Å²) < 4.78 is 43.5. The van der Waals surface area contributed by atoms with Gasteiger partial charge in [-0.1, -0.05) is 0 Å². The molecule has 1 aromatic carbocycles. The predicted octanol–water partition coefficient (Wildman–Crippen LogP) is 2.13. The highest BCUT2D eigenvalue weighted by atomic mass is 35.5.